The summed E-state index contributed by atoms with van der Waals surface area (Å²) in [6.07, 6.45) is 5.76. The van der Waals surface area contributed by atoms with Crippen LogP contribution in [-0.2, 0) is 9.53 Å². The zero-order valence-corrected chi connectivity index (χ0v) is 12.8. The quantitative estimate of drug-likeness (QED) is 0.779. The first-order chi connectivity index (χ1) is 9.26. The maximum atomic E-state index is 12.0. The van der Waals surface area contributed by atoms with Crippen LogP contribution >= 0.6 is 0 Å². The lowest BCUT2D eigenvalue weighted by atomic mass is 9.81. The molecule has 1 rings (SSSR count). The minimum absolute atomic E-state index is 0.221. The molecule has 1 aliphatic rings. The third-order valence-corrected chi connectivity index (χ3v) is 3.36. The van der Waals surface area contributed by atoms with Gasteiger partial charge in [0.2, 0.25) is 5.91 Å². The lowest BCUT2D eigenvalue weighted by Crippen LogP contribution is -2.57. The van der Waals surface area contributed by atoms with Crippen LogP contribution in [0.3, 0.4) is 0 Å². The molecule has 0 heterocycles. The van der Waals surface area contributed by atoms with Gasteiger partial charge in [0, 0.05) is 6.54 Å². The Hall–Kier alpha value is -1.52. The second kappa shape index (κ2) is 6.77. The van der Waals surface area contributed by atoms with E-state index in [0.717, 1.165) is 32.1 Å². The van der Waals surface area contributed by atoms with Gasteiger partial charge in [0.15, 0.2) is 0 Å². The number of alkyl carbamates (subject to hydrolysis) is 1. The van der Waals surface area contributed by atoms with Crippen LogP contribution in [0.1, 0.15) is 52.9 Å². The van der Waals surface area contributed by atoms with Crippen molar-refractivity contribution >= 4 is 12.0 Å². The number of hydrogen-bond donors (Lipinski definition) is 2. The van der Waals surface area contributed by atoms with Gasteiger partial charge in [-0.15, -0.1) is 0 Å². The number of nitrogens with one attached hydrogen (secondary N) is 2. The van der Waals surface area contributed by atoms with E-state index in [1.54, 1.807) is 0 Å². The van der Waals surface area contributed by atoms with E-state index in [1.807, 2.05) is 20.8 Å². The van der Waals surface area contributed by atoms with Crippen LogP contribution in [0, 0.1) is 0 Å². The van der Waals surface area contributed by atoms with Crippen LogP contribution in [0.15, 0.2) is 12.7 Å². The number of ether oxygens (including phenoxy) is 1. The van der Waals surface area contributed by atoms with Crippen molar-refractivity contribution in [2.75, 3.05) is 6.54 Å². The number of carbonyl (C=O) groups excluding carboxylic acids is 2. The van der Waals surface area contributed by atoms with Crippen molar-refractivity contribution in [3.63, 3.8) is 0 Å². The Balaban J connectivity index is 2.65. The maximum Gasteiger partial charge on any atom is 0.408 e. The molecule has 0 spiro atoms. The molecule has 2 amide bonds. The van der Waals surface area contributed by atoms with Crippen molar-refractivity contribution in [3.8, 4) is 0 Å². The van der Waals surface area contributed by atoms with Crippen molar-refractivity contribution in [1.29, 1.82) is 0 Å². The summed E-state index contributed by atoms with van der Waals surface area (Å²) in [5.41, 5.74) is -0.927. The molecule has 2 N–H and O–H groups in total. The van der Waals surface area contributed by atoms with E-state index in [9.17, 15) is 9.59 Å². The smallest absolute Gasteiger partial charge is 0.408 e. The monoisotopic (exact) mass is 282 g/mol. The standard InChI is InChI=1S/C15H26N2O3/c1-5-12(18)16-11-15(9-7-6-8-10-15)17-13(19)20-14(2,3)4/h5H,1,6-11H2,2-4H3,(H,16,18)(H,17,19). The van der Waals surface area contributed by atoms with E-state index >= 15 is 0 Å². The minimum atomic E-state index is -0.524. The van der Waals surface area contributed by atoms with E-state index in [4.69, 9.17) is 4.74 Å². The minimum Gasteiger partial charge on any atom is -0.444 e. The van der Waals surface area contributed by atoms with Crippen molar-refractivity contribution in [3.05, 3.63) is 12.7 Å². The second-order valence-electron chi connectivity index (χ2n) is 6.39. The third kappa shape index (κ3) is 5.63. The van der Waals surface area contributed by atoms with Gasteiger partial charge in [0.05, 0.1) is 5.54 Å². The van der Waals surface area contributed by atoms with Gasteiger partial charge in [0.1, 0.15) is 5.60 Å². The van der Waals surface area contributed by atoms with Crippen LogP contribution in [0.4, 0.5) is 4.79 Å². The van der Waals surface area contributed by atoms with Crippen LogP contribution < -0.4 is 10.6 Å². The fourth-order valence-corrected chi connectivity index (χ4v) is 2.42. The molecular formula is C15H26N2O3. The lowest BCUT2D eigenvalue weighted by Gasteiger charge is -2.38. The van der Waals surface area contributed by atoms with Crippen molar-refractivity contribution in [2.45, 2.75) is 64.0 Å². The number of carbonyl (C=O) groups is 2. The summed E-state index contributed by atoms with van der Waals surface area (Å²) in [7, 11) is 0. The Kier molecular flexibility index (Phi) is 5.60. The van der Waals surface area contributed by atoms with Crippen molar-refractivity contribution in [1.82, 2.24) is 10.6 Å². The molecule has 0 unspecified atom stereocenters. The molecule has 1 saturated carbocycles. The number of amides is 2. The lowest BCUT2D eigenvalue weighted by molar-refractivity contribution is -0.116. The summed E-state index contributed by atoms with van der Waals surface area (Å²) in [6.45, 7) is 9.35. The molecule has 0 aliphatic heterocycles. The van der Waals surface area contributed by atoms with E-state index < -0.39 is 17.2 Å². The van der Waals surface area contributed by atoms with E-state index in [2.05, 4.69) is 17.2 Å². The summed E-state index contributed by atoms with van der Waals surface area (Å²) >= 11 is 0. The molecule has 0 atom stereocenters. The van der Waals surface area contributed by atoms with Gasteiger partial charge in [-0.3, -0.25) is 4.79 Å². The summed E-state index contributed by atoms with van der Waals surface area (Å²) in [6, 6.07) is 0. The molecule has 114 valence electrons. The predicted molar refractivity (Wildman–Crippen MR) is 78.4 cm³/mol. The fraction of sp³-hybridized carbons (Fsp3) is 0.733. The zero-order valence-electron chi connectivity index (χ0n) is 12.8. The number of rotatable bonds is 4. The van der Waals surface area contributed by atoms with Gasteiger partial charge in [-0.2, -0.15) is 0 Å². The first-order valence-corrected chi connectivity index (χ1v) is 7.18. The Bertz CT molecular complexity index is 366. The Morgan fingerprint density at radius 3 is 2.35 bits per heavy atom. The topological polar surface area (TPSA) is 67.4 Å². The average molecular weight is 282 g/mol. The molecule has 1 aliphatic carbocycles. The third-order valence-electron chi connectivity index (χ3n) is 3.36. The summed E-state index contributed by atoms with van der Waals surface area (Å²) < 4.78 is 5.32. The molecule has 5 nitrogen and oxygen atoms in total. The van der Waals surface area contributed by atoms with Gasteiger partial charge >= 0.3 is 6.09 Å². The molecule has 0 bridgehead atoms. The molecule has 20 heavy (non-hydrogen) atoms. The maximum absolute atomic E-state index is 12.0. The highest BCUT2D eigenvalue weighted by atomic mass is 16.6. The van der Waals surface area contributed by atoms with Crippen LogP contribution in [0.5, 0.6) is 0 Å². The summed E-state index contributed by atoms with van der Waals surface area (Å²) in [4.78, 5) is 23.3. The van der Waals surface area contributed by atoms with Gasteiger partial charge in [-0.25, -0.2) is 4.79 Å². The first-order valence-electron chi connectivity index (χ1n) is 7.18. The van der Waals surface area contributed by atoms with Crippen LogP contribution in [-0.4, -0.2) is 29.7 Å². The summed E-state index contributed by atoms with van der Waals surface area (Å²) in [5.74, 6) is -0.221. The van der Waals surface area contributed by atoms with Crippen LogP contribution in [0.2, 0.25) is 0 Å². The summed E-state index contributed by atoms with van der Waals surface area (Å²) in [5, 5.41) is 5.74. The molecule has 0 aromatic carbocycles. The van der Waals surface area contributed by atoms with E-state index in [-0.39, 0.29) is 5.91 Å². The molecule has 0 radical (unpaired) electrons. The van der Waals surface area contributed by atoms with E-state index in [0.29, 0.717) is 6.54 Å². The molecule has 0 aromatic heterocycles. The molecular weight excluding hydrogens is 256 g/mol. The van der Waals surface area contributed by atoms with Gasteiger partial charge in [0.25, 0.3) is 0 Å². The fourth-order valence-electron chi connectivity index (χ4n) is 2.42. The van der Waals surface area contributed by atoms with E-state index in [1.165, 1.54) is 6.08 Å². The van der Waals surface area contributed by atoms with Crippen molar-refractivity contribution in [2.24, 2.45) is 0 Å². The normalized spacial score (nSPS) is 17.9. The van der Waals surface area contributed by atoms with Gasteiger partial charge < -0.3 is 15.4 Å². The Morgan fingerprint density at radius 1 is 1.25 bits per heavy atom. The number of hydrogen-bond acceptors (Lipinski definition) is 3. The second-order valence-corrected chi connectivity index (χ2v) is 6.39. The van der Waals surface area contributed by atoms with Gasteiger partial charge in [-0.1, -0.05) is 25.8 Å². The zero-order chi connectivity index (χ0) is 15.2. The molecule has 5 heteroatoms. The van der Waals surface area contributed by atoms with Crippen molar-refractivity contribution < 1.29 is 14.3 Å². The molecule has 1 fully saturated rings. The highest BCUT2D eigenvalue weighted by Gasteiger charge is 2.35. The molecule has 0 aromatic rings. The highest BCUT2D eigenvalue weighted by molar-refractivity contribution is 5.86. The van der Waals surface area contributed by atoms with Crippen LogP contribution in [0.25, 0.3) is 0 Å². The van der Waals surface area contributed by atoms with Gasteiger partial charge in [-0.05, 0) is 39.7 Å². The SMILES string of the molecule is C=CC(=O)NCC1(NC(=O)OC(C)(C)C)CCCCC1. The largest absolute Gasteiger partial charge is 0.444 e. The molecule has 0 saturated heterocycles. The first kappa shape index (κ1) is 16.5. The Morgan fingerprint density at radius 2 is 1.85 bits per heavy atom. The highest BCUT2D eigenvalue weighted by Crippen LogP contribution is 2.28. The predicted octanol–water partition coefficient (Wildman–Crippen LogP) is 2.52. The average Bonchev–Trinajstić information content (AvgIpc) is 2.34. The Labute approximate surface area is 121 Å².